The smallest absolute Gasteiger partial charge is 0.445 e. The Labute approximate surface area is 188 Å². The number of rotatable bonds is 6. The molecule has 3 rings (SSSR count). The molecule has 0 aliphatic carbocycles. The first kappa shape index (κ1) is 23.3. The zero-order valence-electron chi connectivity index (χ0n) is 18.7. The van der Waals surface area contributed by atoms with Crippen LogP contribution in [0.5, 0.6) is 0 Å². The molecule has 0 spiro atoms. The number of nitrogens with two attached hydrogens (primary N) is 1. The number of aromatic nitrogens is 1. The van der Waals surface area contributed by atoms with Crippen LogP contribution in [-0.4, -0.2) is 35.9 Å². The van der Waals surface area contributed by atoms with E-state index in [2.05, 4.69) is 10.3 Å². The Hall–Kier alpha value is -3.35. The molecule has 1 aromatic carbocycles. The van der Waals surface area contributed by atoms with E-state index in [1.807, 2.05) is 64.1 Å². The molecule has 1 aromatic heterocycles. The van der Waals surface area contributed by atoms with Crippen LogP contribution in [0.2, 0.25) is 0 Å². The average Bonchev–Trinajstić information content (AvgIpc) is 2.98. The van der Waals surface area contributed by atoms with Crippen LogP contribution in [0.3, 0.4) is 0 Å². The van der Waals surface area contributed by atoms with Gasteiger partial charge in [0.25, 0.3) is 0 Å². The lowest BCUT2D eigenvalue weighted by atomic mass is 9.77. The maximum Gasteiger partial charge on any atom is 0.492 e. The monoisotopic (exact) mass is 434 g/mol. The third-order valence-electron chi connectivity index (χ3n) is 5.62. The fourth-order valence-corrected chi connectivity index (χ4v) is 3.02. The minimum Gasteiger partial charge on any atom is -0.445 e. The van der Waals surface area contributed by atoms with Gasteiger partial charge in [-0.2, -0.15) is 5.26 Å². The first-order valence-electron chi connectivity index (χ1n) is 10.3. The van der Waals surface area contributed by atoms with Crippen molar-refractivity contribution in [2.45, 2.75) is 45.5 Å². The number of hydrogen-bond acceptors (Lipinski definition) is 7. The van der Waals surface area contributed by atoms with Gasteiger partial charge in [-0.25, -0.2) is 9.78 Å². The second-order valence-corrected chi connectivity index (χ2v) is 8.54. The molecule has 1 aliphatic rings. The zero-order valence-corrected chi connectivity index (χ0v) is 18.7. The highest BCUT2D eigenvalue weighted by Gasteiger charge is 2.52. The van der Waals surface area contributed by atoms with Crippen LogP contribution in [0, 0.1) is 11.3 Å². The van der Waals surface area contributed by atoms with Gasteiger partial charge in [-0.3, -0.25) is 0 Å². The lowest BCUT2D eigenvalue weighted by Gasteiger charge is -2.32. The summed E-state index contributed by atoms with van der Waals surface area (Å²) in [6.07, 6.45) is 2.76. The second kappa shape index (κ2) is 9.43. The number of amides is 1. The van der Waals surface area contributed by atoms with Gasteiger partial charge in [0.15, 0.2) is 0 Å². The second-order valence-electron chi connectivity index (χ2n) is 8.54. The lowest BCUT2D eigenvalue weighted by molar-refractivity contribution is 0.00578. The topological polar surface area (TPSA) is 119 Å². The summed E-state index contributed by atoms with van der Waals surface area (Å²) in [7, 11) is -0.697. The molecule has 1 amide bonds. The standard InChI is InChI=1S/C23H27BN4O4/c1-22(2)23(3,4)32-24(31-22)19(11-17-10-18(12-25)20(26)27-13-17)14-28-21(29)30-15-16-8-6-5-7-9-16/h5-11,13H,14-15H2,1-4H3,(H2,26,27)(H,28,29). The number of nitrogens with one attached hydrogen (secondary N) is 1. The van der Waals surface area contributed by atoms with Gasteiger partial charge in [0.2, 0.25) is 0 Å². The summed E-state index contributed by atoms with van der Waals surface area (Å²) in [4.78, 5) is 16.3. The van der Waals surface area contributed by atoms with E-state index in [0.717, 1.165) is 5.56 Å². The molecule has 0 bridgehead atoms. The van der Waals surface area contributed by atoms with Gasteiger partial charge in [-0.1, -0.05) is 36.4 Å². The molecule has 166 valence electrons. The minimum atomic E-state index is -0.697. The van der Waals surface area contributed by atoms with E-state index in [4.69, 9.17) is 19.8 Å². The molecule has 3 N–H and O–H groups in total. The lowest BCUT2D eigenvalue weighted by Crippen LogP contribution is -2.41. The molecule has 32 heavy (non-hydrogen) atoms. The summed E-state index contributed by atoms with van der Waals surface area (Å²) in [5.41, 5.74) is 7.06. The molecule has 0 saturated carbocycles. The highest BCUT2D eigenvalue weighted by atomic mass is 16.7. The SMILES string of the molecule is CC1(C)OB(C(=Cc2cnc(N)c(C#N)c2)CNC(=O)OCc2ccccc2)OC1(C)C. The van der Waals surface area contributed by atoms with Crippen LogP contribution in [0.1, 0.15) is 44.4 Å². The van der Waals surface area contributed by atoms with Gasteiger partial charge in [0.1, 0.15) is 18.5 Å². The predicted molar refractivity (Wildman–Crippen MR) is 122 cm³/mol. The number of carbonyl (C=O) groups is 1. The molecule has 0 radical (unpaired) electrons. The first-order valence-corrected chi connectivity index (χ1v) is 10.3. The zero-order chi connectivity index (χ0) is 23.4. The van der Waals surface area contributed by atoms with Gasteiger partial charge < -0.3 is 25.1 Å². The van der Waals surface area contributed by atoms with E-state index in [1.165, 1.54) is 0 Å². The van der Waals surface area contributed by atoms with Gasteiger partial charge in [-0.15, -0.1) is 0 Å². The molecule has 1 aliphatic heterocycles. The van der Waals surface area contributed by atoms with Gasteiger partial charge in [-0.05, 0) is 50.4 Å². The molecule has 8 nitrogen and oxygen atoms in total. The summed E-state index contributed by atoms with van der Waals surface area (Å²) in [5, 5.41) is 12.0. The molecule has 1 saturated heterocycles. The molecule has 0 unspecified atom stereocenters. The minimum absolute atomic E-state index is 0.122. The molecular formula is C23H27BN4O4. The van der Waals surface area contributed by atoms with E-state index in [0.29, 0.717) is 11.0 Å². The Balaban J connectivity index is 1.77. The van der Waals surface area contributed by atoms with Crippen molar-refractivity contribution >= 4 is 25.1 Å². The number of alkyl carbamates (subject to hydrolysis) is 1. The maximum absolute atomic E-state index is 12.3. The number of pyridine rings is 1. The van der Waals surface area contributed by atoms with Crippen LogP contribution in [-0.2, 0) is 20.7 Å². The van der Waals surface area contributed by atoms with Crippen molar-refractivity contribution in [3.63, 3.8) is 0 Å². The fourth-order valence-electron chi connectivity index (χ4n) is 3.02. The van der Waals surface area contributed by atoms with Crippen molar-refractivity contribution in [3.8, 4) is 6.07 Å². The summed E-state index contributed by atoms with van der Waals surface area (Å²) in [6, 6.07) is 13.1. The third kappa shape index (κ3) is 5.47. The normalized spacial score (nSPS) is 17.0. The number of nitrogens with zero attached hydrogens (tertiary/aromatic N) is 2. The predicted octanol–water partition coefficient (Wildman–Crippen LogP) is 3.48. The molecular weight excluding hydrogens is 407 g/mol. The van der Waals surface area contributed by atoms with Crippen molar-refractivity contribution in [3.05, 3.63) is 64.8 Å². The first-order chi connectivity index (χ1) is 15.1. The largest absolute Gasteiger partial charge is 0.492 e. The van der Waals surface area contributed by atoms with E-state index in [-0.39, 0.29) is 24.5 Å². The highest BCUT2D eigenvalue weighted by molar-refractivity contribution is 6.56. The molecule has 9 heteroatoms. The average molecular weight is 434 g/mol. The fraction of sp³-hybridized carbons (Fsp3) is 0.348. The summed E-state index contributed by atoms with van der Waals surface area (Å²) in [6.45, 7) is 8.08. The number of benzene rings is 1. The Morgan fingerprint density at radius 1 is 1.25 bits per heavy atom. The van der Waals surface area contributed by atoms with Gasteiger partial charge in [0, 0.05) is 12.7 Å². The van der Waals surface area contributed by atoms with Crippen LogP contribution in [0.25, 0.3) is 6.08 Å². The van der Waals surface area contributed by atoms with E-state index in [9.17, 15) is 10.1 Å². The van der Waals surface area contributed by atoms with Crippen LogP contribution >= 0.6 is 0 Å². The summed E-state index contributed by atoms with van der Waals surface area (Å²) >= 11 is 0. The molecule has 0 atom stereocenters. The number of hydrogen-bond donors (Lipinski definition) is 2. The maximum atomic E-state index is 12.3. The van der Waals surface area contributed by atoms with Crippen LogP contribution in [0.4, 0.5) is 10.6 Å². The van der Waals surface area contributed by atoms with Crippen molar-refractivity contribution in [2.75, 3.05) is 12.3 Å². The van der Waals surface area contributed by atoms with E-state index >= 15 is 0 Å². The summed E-state index contributed by atoms with van der Waals surface area (Å²) < 4.78 is 17.6. The van der Waals surface area contributed by atoms with Crippen molar-refractivity contribution in [1.82, 2.24) is 10.3 Å². The Morgan fingerprint density at radius 3 is 2.53 bits per heavy atom. The Kier molecular flexibility index (Phi) is 6.87. The van der Waals surface area contributed by atoms with Crippen molar-refractivity contribution < 1.29 is 18.8 Å². The highest BCUT2D eigenvalue weighted by Crippen LogP contribution is 2.38. The van der Waals surface area contributed by atoms with Crippen molar-refractivity contribution in [2.24, 2.45) is 0 Å². The number of carbonyl (C=O) groups excluding carboxylic acids is 1. The van der Waals surface area contributed by atoms with Crippen LogP contribution in [0.15, 0.2) is 48.1 Å². The van der Waals surface area contributed by atoms with E-state index < -0.39 is 24.4 Å². The quantitative estimate of drug-likeness (QED) is 0.668. The van der Waals surface area contributed by atoms with Gasteiger partial charge in [0.05, 0.1) is 16.8 Å². The molecule has 1 fully saturated rings. The Bertz CT molecular complexity index is 1030. The number of ether oxygens (including phenoxy) is 1. The number of anilines is 1. The summed E-state index contributed by atoms with van der Waals surface area (Å²) in [5.74, 6) is 0.157. The van der Waals surface area contributed by atoms with E-state index in [1.54, 1.807) is 18.3 Å². The Morgan fingerprint density at radius 2 is 1.91 bits per heavy atom. The number of nitriles is 1. The van der Waals surface area contributed by atoms with Crippen LogP contribution < -0.4 is 11.1 Å². The van der Waals surface area contributed by atoms with Crippen molar-refractivity contribution in [1.29, 1.82) is 5.26 Å². The number of nitrogen functional groups attached to an aromatic ring is 1. The van der Waals surface area contributed by atoms with Gasteiger partial charge >= 0.3 is 13.2 Å². The molecule has 2 aromatic rings. The third-order valence-corrected chi connectivity index (χ3v) is 5.62. The molecule has 2 heterocycles.